The van der Waals surface area contributed by atoms with Crippen LogP contribution in [0.25, 0.3) is 0 Å². The maximum absolute atomic E-state index is 11.6. The molecule has 0 N–H and O–H groups in total. The topological polar surface area (TPSA) is 43.4 Å². The van der Waals surface area contributed by atoms with E-state index in [1.165, 1.54) is 0 Å². The van der Waals surface area contributed by atoms with E-state index in [-0.39, 0.29) is 24.3 Å². The lowest BCUT2D eigenvalue weighted by Gasteiger charge is -2.19. The molecule has 0 aliphatic heterocycles. The highest BCUT2D eigenvalue weighted by molar-refractivity contribution is 5.82. The zero-order valence-corrected chi connectivity index (χ0v) is 11.1. The molecule has 1 aliphatic rings. The molecule has 0 aromatic heterocycles. The van der Waals surface area contributed by atoms with Crippen LogP contribution in [0.2, 0.25) is 0 Å². The molecule has 1 fully saturated rings. The van der Waals surface area contributed by atoms with Crippen molar-refractivity contribution in [3.05, 3.63) is 35.9 Å². The largest absolute Gasteiger partial charge is 0.465 e. The summed E-state index contributed by atoms with van der Waals surface area (Å²) in [5, 5.41) is 0. The number of hydrogen-bond acceptors (Lipinski definition) is 3. The first-order valence-electron chi connectivity index (χ1n) is 6.98. The summed E-state index contributed by atoms with van der Waals surface area (Å²) < 4.78 is 5.21. The molecule has 0 radical (unpaired) electrons. The number of Topliss-reactive ketones (excluding diaryl/α,β-unsaturated/α-hetero) is 1. The van der Waals surface area contributed by atoms with Gasteiger partial charge in [-0.3, -0.25) is 9.59 Å². The van der Waals surface area contributed by atoms with Crippen LogP contribution >= 0.6 is 0 Å². The molecular formula is C16H20O3. The normalized spacial score (nSPS) is 19.2. The van der Waals surface area contributed by atoms with E-state index in [2.05, 4.69) is 0 Å². The van der Waals surface area contributed by atoms with Crippen molar-refractivity contribution in [2.45, 2.75) is 38.5 Å². The Morgan fingerprint density at radius 1 is 1.21 bits per heavy atom. The highest BCUT2D eigenvalue weighted by atomic mass is 16.5. The van der Waals surface area contributed by atoms with Crippen LogP contribution in [0.1, 0.15) is 37.7 Å². The summed E-state index contributed by atoms with van der Waals surface area (Å²) in [5.74, 6) is -0.0150. The lowest BCUT2D eigenvalue weighted by Crippen LogP contribution is -2.25. The van der Waals surface area contributed by atoms with Crippen LogP contribution in [-0.4, -0.2) is 18.4 Å². The summed E-state index contributed by atoms with van der Waals surface area (Å²) in [6, 6.07) is 9.87. The SMILES string of the molecule is O=C(CCc1ccccc1)OCC1CCCCC1=O. The zero-order valence-electron chi connectivity index (χ0n) is 11.1. The van der Waals surface area contributed by atoms with Gasteiger partial charge in [-0.1, -0.05) is 36.8 Å². The van der Waals surface area contributed by atoms with Crippen molar-refractivity contribution in [3.63, 3.8) is 0 Å². The minimum atomic E-state index is -0.206. The Labute approximate surface area is 114 Å². The first-order valence-corrected chi connectivity index (χ1v) is 6.98. The summed E-state index contributed by atoms with van der Waals surface area (Å²) in [5.41, 5.74) is 1.13. The third kappa shape index (κ3) is 4.51. The fourth-order valence-electron chi connectivity index (χ4n) is 2.39. The Bertz CT molecular complexity index is 425. The van der Waals surface area contributed by atoms with Gasteiger partial charge in [-0.15, -0.1) is 0 Å². The fourth-order valence-corrected chi connectivity index (χ4v) is 2.39. The van der Waals surface area contributed by atoms with Crippen LogP contribution in [-0.2, 0) is 20.7 Å². The van der Waals surface area contributed by atoms with Gasteiger partial charge in [0, 0.05) is 12.8 Å². The second-order valence-electron chi connectivity index (χ2n) is 5.08. The lowest BCUT2D eigenvalue weighted by molar-refractivity contribution is -0.146. The van der Waals surface area contributed by atoms with Gasteiger partial charge in [0.05, 0.1) is 5.92 Å². The summed E-state index contributed by atoms with van der Waals surface area (Å²) >= 11 is 0. The van der Waals surface area contributed by atoms with Crippen LogP contribution in [0.5, 0.6) is 0 Å². The predicted molar refractivity (Wildman–Crippen MR) is 72.7 cm³/mol. The van der Waals surface area contributed by atoms with E-state index in [1.54, 1.807) is 0 Å². The molecule has 1 aromatic carbocycles. The molecule has 1 aliphatic carbocycles. The Morgan fingerprint density at radius 3 is 2.74 bits per heavy atom. The van der Waals surface area contributed by atoms with Crippen molar-refractivity contribution >= 4 is 11.8 Å². The van der Waals surface area contributed by atoms with Gasteiger partial charge in [0.1, 0.15) is 12.4 Å². The van der Waals surface area contributed by atoms with Crippen molar-refractivity contribution in [2.24, 2.45) is 5.92 Å². The molecule has 19 heavy (non-hydrogen) atoms. The number of aryl methyl sites for hydroxylation is 1. The molecule has 0 spiro atoms. The molecule has 0 amide bonds. The molecule has 1 unspecified atom stereocenters. The predicted octanol–water partition coefficient (Wildman–Crippen LogP) is 2.92. The number of ketones is 1. The van der Waals surface area contributed by atoms with Crippen molar-refractivity contribution in [2.75, 3.05) is 6.61 Å². The van der Waals surface area contributed by atoms with Crippen LogP contribution in [0, 0.1) is 5.92 Å². The number of benzene rings is 1. The van der Waals surface area contributed by atoms with Crippen molar-refractivity contribution in [1.82, 2.24) is 0 Å². The number of carbonyl (C=O) groups excluding carboxylic acids is 2. The molecule has 1 saturated carbocycles. The number of esters is 1. The fraction of sp³-hybridized carbons (Fsp3) is 0.500. The minimum absolute atomic E-state index is 0.0607. The third-order valence-corrected chi connectivity index (χ3v) is 3.59. The van der Waals surface area contributed by atoms with Gasteiger partial charge >= 0.3 is 5.97 Å². The van der Waals surface area contributed by atoms with E-state index in [0.717, 1.165) is 24.8 Å². The lowest BCUT2D eigenvalue weighted by atomic mass is 9.89. The molecule has 1 aromatic rings. The Balaban J connectivity index is 1.68. The molecule has 2 rings (SSSR count). The van der Waals surface area contributed by atoms with Gasteiger partial charge in [-0.05, 0) is 24.8 Å². The Hall–Kier alpha value is -1.64. The molecule has 102 valence electrons. The standard InChI is InChI=1S/C16H20O3/c17-15-9-5-4-8-14(15)12-19-16(18)11-10-13-6-2-1-3-7-13/h1-3,6-7,14H,4-5,8-12H2. The first kappa shape index (κ1) is 13.8. The number of carbonyl (C=O) groups is 2. The minimum Gasteiger partial charge on any atom is -0.465 e. The van der Waals surface area contributed by atoms with Gasteiger partial charge < -0.3 is 4.74 Å². The average Bonchev–Trinajstić information content (AvgIpc) is 2.45. The van der Waals surface area contributed by atoms with Crippen molar-refractivity contribution < 1.29 is 14.3 Å². The van der Waals surface area contributed by atoms with Crippen molar-refractivity contribution in [3.8, 4) is 0 Å². The second-order valence-corrected chi connectivity index (χ2v) is 5.08. The summed E-state index contributed by atoms with van der Waals surface area (Å²) in [6.07, 6.45) is 4.63. The smallest absolute Gasteiger partial charge is 0.306 e. The number of hydrogen-bond donors (Lipinski definition) is 0. The highest BCUT2D eigenvalue weighted by Gasteiger charge is 2.23. The zero-order chi connectivity index (χ0) is 13.5. The summed E-state index contributed by atoms with van der Waals surface area (Å²) in [4.78, 5) is 23.2. The maximum Gasteiger partial charge on any atom is 0.306 e. The molecule has 0 heterocycles. The van der Waals surface area contributed by atoms with Gasteiger partial charge in [-0.2, -0.15) is 0 Å². The number of ether oxygens (including phenoxy) is 1. The first-order chi connectivity index (χ1) is 9.25. The van der Waals surface area contributed by atoms with E-state index in [9.17, 15) is 9.59 Å². The maximum atomic E-state index is 11.6. The molecular weight excluding hydrogens is 240 g/mol. The second kappa shape index (κ2) is 7.07. The van der Waals surface area contributed by atoms with E-state index >= 15 is 0 Å². The summed E-state index contributed by atoms with van der Waals surface area (Å²) in [7, 11) is 0. The van der Waals surface area contributed by atoms with Crippen LogP contribution in [0.15, 0.2) is 30.3 Å². The summed E-state index contributed by atoms with van der Waals surface area (Å²) in [6.45, 7) is 0.270. The van der Waals surface area contributed by atoms with E-state index in [4.69, 9.17) is 4.74 Å². The third-order valence-electron chi connectivity index (χ3n) is 3.59. The molecule has 3 nitrogen and oxygen atoms in total. The van der Waals surface area contributed by atoms with Gasteiger partial charge in [0.2, 0.25) is 0 Å². The highest BCUT2D eigenvalue weighted by Crippen LogP contribution is 2.20. The Morgan fingerprint density at radius 2 is 2.00 bits per heavy atom. The molecule has 1 atom stereocenters. The number of rotatable bonds is 5. The quantitative estimate of drug-likeness (QED) is 0.764. The van der Waals surface area contributed by atoms with Crippen molar-refractivity contribution in [1.29, 1.82) is 0 Å². The molecule has 3 heteroatoms. The van der Waals surface area contributed by atoms with E-state index < -0.39 is 0 Å². The van der Waals surface area contributed by atoms with Crippen LogP contribution in [0.3, 0.4) is 0 Å². The monoisotopic (exact) mass is 260 g/mol. The van der Waals surface area contributed by atoms with Crippen LogP contribution in [0.4, 0.5) is 0 Å². The van der Waals surface area contributed by atoms with E-state index in [1.807, 2.05) is 30.3 Å². The van der Waals surface area contributed by atoms with Gasteiger partial charge in [-0.25, -0.2) is 0 Å². The van der Waals surface area contributed by atoms with E-state index in [0.29, 0.717) is 19.3 Å². The molecule has 0 bridgehead atoms. The molecule has 0 saturated heterocycles. The van der Waals surface area contributed by atoms with Gasteiger partial charge in [0.25, 0.3) is 0 Å². The van der Waals surface area contributed by atoms with Crippen LogP contribution < -0.4 is 0 Å². The Kier molecular flexibility index (Phi) is 5.13. The van der Waals surface area contributed by atoms with Gasteiger partial charge in [0.15, 0.2) is 0 Å². The average molecular weight is 260 g/mol.